The van der Waals surface area contributed by atoms with Crippen molar-refractivity contribution >= 4 is 28.1 Å². The number of alkyl carbamates (subject to hydrolysis) is 1. The Morgan fingerprint density at radius 1 is 1.04 bits per heavy atom. The molecular formula is C16H23BrN4O4. The lowest BCUT2D eigenvalue weighted by molar-refractivity contribution is 0.0489. The Bertz CT molecular complexity index is 595. The Kier molecular flexibility index (Phi) is 6.57. The Morgan fingerprint density at radius 2 is 1.52 bits per heavy atom. The molecule has 0 radical (unpaired) electrons. The van der Waals surface area contributed by atoms with Gasteiger partial charge >= 0.3 is 18.2 Å². The fraction of sp³-hybridized carbons (Fsp3) is 0.625. The van der Waals surface area contributed by atoms with Gasteiger partial charge in [0, 0.05) is 24.5 Å². The molecule has 1 aromatic heterocycles. The molecule has 1 fully saturated rings. The van der Waals surface area contributed by atoms with Crippen molar-refractivity contribution in [3.63, 3.8) is 0 Å². The van der Waals surface area contributed by atoms with Gasteiger partial charge in [0.2, 0.25) is 0 Å². The van der Waals surface area contributed by atoms with Crippen molar-refractivity contribution in [1.82, 2.24) is 20.6 Å². The third-order valence-electron chi connectivity index (χ3n) is 3.55. The zero-order valence-corrected chi connectivity index (χ0v) is 16.1. The summed E-state index contributed by atoms with van der Waals surface area (Å²) in [6.07, 6.45) is 5.04. The molecular weight excluding hydrogens is 392 g/mol. The molecule has 2 N–H and O–H groups in total. The average Bonchev–Trinajstić information content (AvgIpc) is 2.49. The maximum atomic E-state index is 11.9. The fourth-order valence-corrected chi connectivity index (χ4v) is 2.69. The second-order valence-electron chi connectivity index (χ2n) is 6.91. The number of hydrogen-bond donors (Lipinski definition) is 2. The van der Waals surface area contributed by atoms with E-state index >= 15 is 0 Å². The highest BCUT2D eigenvalue weighted by Crippen LogP contribution is 2.19. The lowest BCUT2D eigenvalue weighted by atomic mass is 9.91. The van der Waals surface area contributed by atoms with E-state index in [0.717, 1.165) is 25.7 Å². The molecule has 1 saturated carbocycles. The van der Waals surface area contributed by atoms with Crippen LogP contribution in [0.4, 0.5) is 9.59 Å². The average molecular weight is 415 g/mol. The van der Waals surface area contributed by atoms with Crippen molar-refractivity contribution in [1.29, 1.82) is 0 Å². The van der Waals surface area contributed by atoms with Gasteiger partial charge in [-0.25, -0.2) is 19.6 Å². The van der Waals surface area contributed by atoms with E-state index in [2.05, 4.69) is 36.5 Å². The summed E-state index contributed by atoms with van der Waals surface area (Å²) in [7, 11) is 0. The van der Waals surface area contributed by atoms with Crippen LogP contribution in [0.2, 0.25) is 0 Å². The number of rotatable bonds is 3. The minimum atomic E-state index is -0.578. The number of amides is 2. The maximum absolute atomic E-state index is 11.9. The minimum absolute atomic E-state index is 0.000338. The molecule has 1 heterocycles. The van der Waals surface area contributed by atoms with Crippen molar-refractivity contribution in [3.05, 3.63) is 16.9 Å². The number of nitrogens with zero attached hydrogens (tertiary/aromatic N) is 2. The van der Waals surface area contributed by atoms with Crippen LogP contribution in [0.25, 0.3) is 0 Å². The van der Waals surface area contributed by atoms with E-state index in [9.17, 15) is 9.59 Å². The predicted octanol–water partition coefficient (Wildman–Crippen LogP) is 3.16. The van der Waals surface area contributed by atoms with Crippen LogP contribution in [0, 0.1) is 0 Å². The molecule has 0 saturated heterocycles. The fourth-order valence-electron chi connectivity index (χ4n) is 2.49. The van der Waals surface area contributed by atoms with Crippen LogP contribution in [-0.4, -0.2) is 39.8 Å². The zero-order chi connectivity index (χ0) is 18.4. The summed E-state index contributed by atoms with van der Waals surface area (Å²) < 4.78 is 11.0. The third-order valence-corrected chi connectivity index (χ3v) is 3.96. The van der Waals surface area contributed by atoms with Crippen LogP contribution in [0.3, 0.4) is 0 Å². The van der Waals surface area contributed by atoms with Crippen LogP contribution in [0.15, 0.2) is 16.9 Å². The van der Waals surface area contributed by atoms with Crippen molar-refractivity contribution in [2.75, 3.05) is 0 Å². The molecule has 1 aromatic rings. The molecule has 138 valence electrons. The lowest BCUT2D eigenvalue weighted by Crippen LogP contribution is -2.45. The van der Waals surface area contributed by atoms with E-state index < -0.39 is 17.8 Å². The zero-order valence-electron chi connectivity index (χ0n) is 14.5. The number of carbonyl (C=O) groups is 2. The molecule has 0 bridgehead atoms. The maximum Gasteiger partial charge on any atom is 0.415 e. The third kappa shape index (κ3) is 7.25. The first-order valence-corrected chi connectivity index (χ1v) is 8.96. The SMILES string of the molecule is CC(C)(C)OC(=O)N[C@H]1CC[C@H](NC(=O)Oc2ncc(Br)cn2)CC1. The highest BCUT2D eigenvalue weighted by atomic mass is 79.9. The van der Waals surface area contributed by atoms with E-state index in [1.165, 1.54) is 12.4 Å². The van der Waals surface area contributed by atoms with Crippen LogP contribution in [-0.2, 0) is 4.74 Å². The summed E-state index contributed by atoms with van der Waals surface area (Å²) in [6.45, 7) is 5.48. The van der Waals surface area contributed by atoms with E-state index in [4.69, 9.17) is 9.47 Å². The normalized spacial score (nSPS) is 20.5. The highest BCUT2D eigenvalue weighted by molar-refractivity contribution is 9.10. The molecule has 2 amide bonds. The number of halogens is 1. The summed E-state index contributed by atoms with van der Waals surface area (Å²) in [5.74, 6) is 0. The lowest BCUT2D eigenvalue weighted by Gasteiger charge is -2.30. The molecule has 0 aliphatic heterocycles. The van der Waals surface area contributed by atoms with Gasteiger partial charge in [-0.3, -0.25) is 0 Å². The number of aromatic nitrogens is 2. The highest BCUT2D eigenvalue weighted by Gasteiger charge is 2.26. The summed E-state index contributed by atoms with van der Waals surface area (Å²) in [5, 5.41) is 5.66. The number of nitrogens with one attached hydrogen (secondary N) is 2. The van der Waals surface area contributed by atoms with Gasteiger partial charge in [0.1, 0.15) is 5.60 Å². The summed E-state index contributed by atoms with van der Waals surface area (Å²) in [6, 6.07) is 0.0549. The smallest absolute Gasteiger partial charge is 0.415 e. The van der Waals surface area contributed by atoms with Gasteiger partial charge in [-0.15, -0.1) is 0 Å². The predicted molar refractivity (Wildman–Crippen MR) is 94.3 cm³/mol. The first kappa shape index (κ1) is 19.4. The topological polar surface area (TPSA) is 102 Å². The molecule has 2 rings (SSSR count). The van der Waals surface area contributed by atoms with Crippen LogP contribution in [0.1, 0.15) is 46.5 Å². The van der Waals surface area contributed by atoms with Gasteiger partial charge in [-0.1, -0.05) is 0 Å². The van der Waals surface area contributed by atoms with Crippen molar-refractivity contribution in [2.24, 2.45) is 0 Å². The molecule has 0 unspecified atom stereocenters. The standard InChI is InChI=1S/C16H23BrN4O4/c1-16(2,3)25-15(23)21-12-6-4-11(5-7-12)20-14(22)24-13-18-8-10(17)9-19-13/h8-9,11-12H,4-7H2,1-3H3,(H,20,22)(H,21,23)/t11-,12-. The Morgan fingerprint density at radius 3 is 2.00 bits per heavy atom. The van der Waals surface area contributed by atoms with E-state index in [1.807, 2.05) is 20.8 Å². The van der Waals surface area contributed by atoms with Gasteiger partial charge < -0.3 is 20.1 Å². The van der Waals surface area contributed by atoms with Crippen LogP contribution >= 0.6 is 15.9 Å². The molecule has 8 nitrogen and oxygen atoms in total. The Labute approximate surface area is 155 Å². The molecule has 1 aliphatic carbocycles. The molecule has 0 spiro atoms. The minimum Gasteiger partial charge on any atom is -0.444 e. The monoisotopic (exact) mass is 414 g/mol. The van der Waals surface area contributed by atoms with Crippen molar-refractivity contribution in [2.45, 2.75) is 64.1 Å². The molecule has 0 aromatic carbocycles. The molecule has 0 atom stereocenters. The molecule has 25 heavy (non-hydrogen) atoms. The van der Waals surface area contributed by atoms with Crippen molar-refractivity contribution in [3.8, 4) is 6.01 Å². The first-order valence-electron chi connectivity index (χ1n) is 8.17. The van der Waals surface area contributed by atoms with E-state index in [-0.39, 0.29) is 18.1 Å². The summed E-state index contributed by atoms with van der Waals surface area (Å²) in [4.78, 5) is 31.4. The first-order chi connectivity index (χ1) is 11.7. The van der Waals surface area contributed by atoms with Gasteiger partial charge in [0.05, 0.1) is 4.47 Å². The summed E-state index contributed by atoms with van der Waals surface area (Å²) in [5.41, 5.74) is -0.512. The number of ether oxygens (including phenoxy) is 2. The van der Waals surface area contributed by atoms with Gasteiger partial charge in [0.15, 0.2) is 0 Å². The van der Waals surface area contributed by atoms with E-state index in [1.54, 1.807) is 0 Å². The second kappa shape index (κ2) is 8.46. The second-order valence-corrected chi connectivity index (χ2v) is 7.83. The van der Waals surface area contributed by atoms with Gasteiger partial charge in [-0.2, -0.15) is 0 Å². The molecule has 9 heteroatoms. The molecule has 1 aliphatic rings. The van der Waals surface area contributed by atoms with Crippen LogP contribution in [0.5, 0.6) is 6.01 Å². The summed E-state index contributed by atoms with van der Waals surface area (Å²) >= 11 is 3.21. The quantitative estimate of drug-likeness (QED) is 0.786. The van der Waals surface area contributed by atoms with Crippen LogP contribution < -0.4 is 15.4 Å². The van der Waals surface area contributed by atoms with Gasteiger partial charge in [-0.05, 0) is 62.4 Å². The van der Waals surface area contributed by atoms with Gasteiger partial charge in [0.25, 0.3) is 0 Å². The Balaban J connectivity index is 1.70. The Hall–Kier alpha value is -1.90. The largest absolute Gasteiger partial charge is 0.444 e. The number of carbonyl (C=O) groups excluding carboxylic acids is 2. The number of hydrogen-bond acceptors (Lipinski definition) is 6. The van der Waals surface area contributed by atoms with E-state index in [0.29, 0.717) is 4.47 Å². The van der Waals surface area contributed by atoms with Crippen molar-refractivity contribution < 1.29 is 19.1 Å².